The average molecular weight is 652 g/mol. The van der Waals surface area contributed by atoms with E-state index >= 15 is 0 Å². The van der Waals surface area contributed by atoms with Crippen LogP contribution in [0.2, 0.25) is 0 Å². The van der Waals surface area contributed by atoms with Crippen molar-refractivity contribution < 1.29 is 50.5 Å². The summed E-state index contributed by atoms with van der Waals surface area (Å²) in [6.07, 6.45) is -6.96. The highest BCUT2D eigenvalue weighted by molar-refractivity contribution is 9.10. The second kappa shape index (κ2) is 12.5. The van der Waals surface area contributed by atoms with Crippen LogP contribution in [-0.2, 0) is 21.9 Å². The van der Waals surface area contributed by atoms with Gasteiger partial charge in [-0.2, -0.15) is 26.3 Å². The molecule has 0 radical (unpaired) electrons. The van der Waals surface area contributed by atoms with Crippen molar-refractivity contribution in [3.05, 3.63) is 56.5 Å². The van der Waals surface area contributed by atoms with E-state index < -0.39 is 35.0 Å². The molecule has 1 N–H and O–H groups in total. The molecule has 1 fully saturated rings. The summed E-state index contributed by atoms with van der Waals surface area (Å²) in [5.41, 5.74) is -2.23. The maximum atomic E-state index is 12.6. The van der Waals surface area contributed by atoms with Crippen molar-refractivity contribution in [2.75, 3.05) is 20.3 Å². The molecule has 5 nitrogen and oxygen atoms in total. The van der Waals surface area contributed by atoms with E-state index in [4.69, 9.17) is 9.47 Å². The number of halogens is 8. The molecular formula is C23H22Br2F6O5. The van der Waals surface area contributed by atoms with Crippen LogP contribution >= 0.6 is 31.9 Å². The Morgan fingerprint density at radius 3 is 1.72 bits per heavy atom. The number of alkyl halides is 6. The first-order valence-corrected chi connectivity index (χ1v) is 12.0. The smallest absolute Gasteiger partial charge is 0.417 e. The zero-order valence-electron chi connectivity index (χ0n) is 18.8. The lowest BCUT2D eigenvalue weighted by Gasteiger charge is -2.13. The van der Waals surface area contributed by atoms with Gasteiger partial charge in [-0.3, -0.25) is 4.79 Å². The van der Waals surface area contributed by atoms with Gasteiger partial charge in [0.05, 0.1) is 43.5 Å². The molecule has 13 heteroatoms. The summed E-state index contributed by atoms with van der Waals surface area (Å²) in [5.74, 6) is -0.271. The number of carbonyl (C=O) groups excluding carboxylic acids is 1. The normalized spacial score (nSPS) is 14.4. The van der Waals surface area contributed by atoms with Gasteiger partial charge in [-0.15, -0.1) is 0 Å². The van der Waals surface area contributed by atoms with Gasteiger partial charge in [0.2, 0.25) is 0 Å². The van der Waals surface area contributed by atoms with Gasteiger partial charge in [-0.05, 0) is 49.2 Å². The molecule has 36 heavy (non-hydrogen) atoms. The van der Waals surface area contributed by atoms with Gasteiger partial charge < -0.3 is 19.3 Å². The van der Waals surface area contributed by atoms with Gasteiger partial charge in [-0.1, -0.05) is 31.9 Å². The van der Waals surface area contributed by atoms with Crippen LogP contribution < -0.4 is 9.47 Å². The largest absolute Gasteiger partial charge is 0.493 e. The van der Waals surface area contributed by atoms with Crippen LogP contribution in [-0.4, -0.2) is 37.0 Å². The van der Waals surface area contributed by atoms with Crippen molar-refractivity contribution in [2.24, 2.45) is 0 Å². The molecule has 1 saturated carbocycles. The summed E-state index contributed by atoms with van der Waals surface area (Å²) >= 11 is 5.68. The molecule has 0 amide bonds. The standard InChI is InChI=1S/C12H12BrF3O2.C11H10BrF3O3/c13-10-2-1-8(7-9(10)12(14,15)16)18-6-5-11(17)3-4-11;1-17-10(16)4-5-18-7-2-3-9(12)8(6-7)11(13,14)15/h1-2,7,17H,3-6H2;2-3,6H,4-5H2,1H3. The molecule has 0 spiro atoms. The molecular weight excluding hydrogens is 630 g/mol. The fraction of sp³-hybridized carbons (Fsp3) is 0.435. The van der Waals surface area contributed by atoms with Gasteiger partial charge in [0.1, 0.15) is 11.5 Å². The molecule has 0 bridgehead atoms. The highest BCUT2D eigenvalue weighted by Gasteiger charge is 2.40. The summed E-state index contributed by atoms with van der Waals surface area (Å²) in [6, 6.07) is 7.25. The number of carbonyl (C=O) groups is 1. The third kappa shape index (κ3) is 9.81. The Hall–Kier alpha value is -1.99. The first-order valence-electron chi connectivity index (χ1n) is 10.4. The van der Waals surface area contributed by atoms with Crippen molar-refractivity contribution in [3.8, 4) is 11.5 Å². The molecule has 0 aliphatic heterocycles. The van der Waals surface area contributed by atoms with E-state index in [1.165, 1.54) is 31.4 Å². The zero-order chi connectivity index (χ0) is 27.1. The molecule has 0 unspecified atom stereocenters. The van der Waals surface area contributed by atoms with Gasteiger partial charge in [-0.25, -0.2) is 0 Å². The van der Waals surface area contributed by atoms with Crippen molar-refractivity contribution in [3.63, 3.8) is 0 Å². The highest BCUT2D eigenvalue weighted by Crippen LogP contribution is 2.40. The van der Waals surface area contributed by atoms with Crippen molar-refractivity contribution in [1.82, 2.24) is 0 Å². The number of benzene rings is 2. The number of aliphatic hydroxyl groups is 1. The summed E-state index contributed by atoms with van der Waals surface area (Å²) in [6.45, 7) is 0.182. The number of methoxy groups -OCH3 is 1. The third-order valence-electron chi connectivity index (χ3n) is 4.95. The van der Waals surface area contributed by atoms with Crippen molar-refractivity contribution in [2.45, 2.75) is 43.6 Å². The van der Waals surface area contributed by atoms with Gasteiger partial charge in [0, 0.05) is 15.4 Å². The minimum atomic E-state index is -4.46. The van der Waals surface area contributed by atoms with E-state index in [1.807, 2.05) is 0 Å². The second-order valence-electron chi connectivity index (χ2n) is 7.78. The van der Waals surface area contributed by atoms with E-state index in [9.17, 15) is 36.2 Å². The molecule has 200 valence electrons. The lowest BCUT2D eigenvalue weighted by atomic mass is 10.2. The Bertz CT molecular complexity index is 1040. The van der Waals surface area contributed by atoms with Crippen LogP contribution in [0.25, 0.3) is 0 Å². The molecule has 1 aliphatic carbocycles. The average Bonchev–Trinajstić information content (AvgIpc) is 3.52. The second-order valence-corrected chi connectivity index (χ2v) is 9.48. The van der Waals surface area contributed by atoms with E-state index in [0.29, 0.717) is 6.42 Å². The molecule has 3 rings (SSSR count). The fourth-order valence-corrected chi connectivity index (χ4v) is 3.67. The maximum Gasteiger partial charge on any atom is 0.417 e. The molecule has 2 aromatic rings. The third-order valence-corrected chi connectivity index (χ3v) is 6.34. The zero-order valence-corrected chi connectivity index (χ0v) is 22.0. The van der Waals surface area contributed by atoms with E-state index in [0.717, 1.165) is 25.0 Å². The SMILES string of the molecule is COC(=O)CCOc1ccc(Br)c(C(F)(F)F)c1.OC1(CCOc2ccc(Br)c(C(F)(F)F)c2)CC1. The Balaban J connectivity index is 0.000000254. The van der Waals surface area contributed by atoms with Crippen LogP contribution in [0.3, 0.4) is 0 Å². The minimum Gasteiger partial charge on any atom is -0.493 e. The molecule has 0 saturated heterocycles. The number of hydrogen-bond acceptors (Lipinski definition) is 5. The molecule has 2 aromatic carbocycles. The van der Waals surface area contributed by atoms with Crippen LogP contribution in [0.1, 0.15) is 36.8 Å². The number of hydrogen-bond donors (Lipinski definition) is 1. The van der Waals surface area contributed by atoms with Crippen LogP contribution in [0.15, 0.2) is 45.3 Å². The first kappa shape index (κ1) is 30.2. The van der Waals surface area contributed by atoms with Gasteiger partial charge in [0.25, 0.3) is 0 Å². The Labute approximate surface area is 220 Å². The summed E-state index contributed by atoms with van der Waals surface area (Å²) in [4.78, 5) is 10.8. The number of esters is 1. The number of ether oxygens (including phenoxy) is 3. The predicted octanol–water partition coefficient (Wildman–Crippen LogP) is 7.17. The maximum absolute atomic E-state index is 12.6. The summed E-state index contributed by atoms with van der Waals surface area (Å²) in [7, 11) is 1.23. The number of rotatable bonds is 8. The Morgan fingerprint density at radius 2 is 1.33 bits per heavy atom. The monoisotopic (exact) mass is 650 g/mol. The van der Waals surface area contributed by atoms with Crippen LogP contribution in [0.5, 0.6) is 11.5 Å². The summed E-state index contributed by atoms with van der Waals surface area (Å²) < 4.78 is 90.2. The topological polar surface area (TPSA) is 65.0 Å². The quantitative estimate of drug-likeness (QED) is 0.242. The molecule has 1 aliphatic rings. The summed E-state index contributed by atoms with van der Waals surface area (Å²) in [5, 5.41) is 9.57. The highest BCUT2D eigenvalue weighted by atomic mass is 79.9. The fourth-order valence-electron chi connectivity index (χ4n) is 2.73. The lowest BCUT2D eigenvalue weighted by molar-refractivity contribution is -0.141. The van der Waals surface area contributed by atoms with Crippen molar-refractivity contribution in [1.29, 1.82) is 0 Å². The Morgan fingerprint density at radius 1 is 0.889 bits per heavy atom. The molecule has 0 heterocycles. The van der Waals surface area contributed by atoms with Gasteiger partial charge >= 0.3 is 18.3 Å². The molecule has 0 atom stereocenters. The van der Waals surface area contributed by atoms with Crippen LogP contribution in [0.4, 0.5) is 26.3 Å². The Kier molecular flexibility index (Phi) is 10.5. The van der Waals surface area contributed by atoms with Crippen molar-refractivity contribution >= 4 is 37.8 Å². The predicted molar refractivity (Wildman–Crippen MR) is 125 cm³/mol. The van der Waals surface area contributed by atoms with E-state index in [-0.39, 0.29) is 40.1 Å². The van der Waals surface area contributed by atoms with Crippen LogP contribution in [0, 0.1) is 0 Å². The van der Waals surface area contributed by atoms with E-state index in [2.05, 4.69) is 36.6 Å². The lowest BCUT2D eigenvalue weighted by Crippen LogP contribution is -2.13. The molecule has 0 aromatic heterocycles. The first-order chi connectivity index (χ1) is 16.6. The van der Waals surface area contributed by atoms with E-state index in [1.54, 1.807) is 0 Å². The minimum absolute atomic E-state index is 0.0110. The van der Waals surface area contributed by atoms with Gasteiger partial charge in [0.15, 0.2) is 0 Å².